The monoisotopic (exact) mass is 324 g/mol. The molecule has 0 radical (unpaired) electrons. The van der Waals surface area contributed by atoms with Gasteiger partial charge in [-0.3, -0.25) is 9.59 Å². The van der Waals surface area contributed by atoms with Gasteiger partial charge in [0.2, 0.25) is 0 Å². The first kappa shape index (κ1) is 18.4. The van der Waals surface area contributed by atoms with Gasteiger partial charge in [0.1, 0.15) is 11.9 Å². The Morgan fingerprint density at radius 3 is 1.70 bits per heavy atom. The fourth-order valence-corrected chi connectivity index (χ4v) is 4.64. The van der Waals surface area contributed by atoms with Gasteiger partial charge in [-0.15, -0.1) is 0 Å². The molecule has 2 saturated carbocycles. The largest absolute Gasteiger partial charge is 0.462 e. The number of rotatable bonds is 3. The molecule has 0 saturated heterocycles. The first-order chi connectivity index (χ1) is 10.7. The van der Waals surface area contributed by atoms with Crippen molar-refractivity contribution in [1.82, 2.24) is 0 Å². The van der Waals surface area contributed by atoms with Crippen LogP contribution < -0.4 is 0 Å². The number of hydrogen-bond donors (Lipinski definition) is 1. The SMILES string of the molecule is CC(=O)C1CC(C)C(OC(=O)C2CC(C)C(O)C(C)C2)C(C)C1. The standard InChI is InChI=1S/C19H32O4/c1-10-6-16(7-11(2)17(10)21)19(22)23-18-12(3)8-15(14(5)20)9-13(18)4/h10-13,15-18,21H,6-9H2,1-5H3. The van der Waals surface area contributed by atoms with Gasteiger partial charge in [0.15, 0.2) is 0 Å². The lowest BCUT2D eigenvalue weighted by Crippen LogP contribution is -2.43. The van der Waals surface area contributed by atoms with Crippen LogP contribution in [-0.2, 0) is 14.3 Å². The smallest absolute Gasteiger partial charge is 0.309 e. The Labute approximate surface area is 140 Å². The highest BCUT2D eigenvalue weighted by Crippen LogP contribution is 2.38. The Morgan fingerprint density at radius 1 is 0.826 bits per heavy atom. The molecule has 2 fully saturated rings. The third-order valence-electron chi connectivity index (χ3n) is 6.07. The molecule has 0 aromatic heterocycles. The number of hydrogen-bond acceptors (Lipinski definition) is 4. The van der Waals surface area contributed by atoms with E-state index in [0.717, 1.165) is 12.8 Å². The van der Waals surface area contributed by atoms with Crippen molar-refractivity contribution in [2.24, 2.45) is 35.5 Å². The van der Waals surface area contributed by atoms with E-state index in [4.69, 9.17) is 4.74 Å². The summed E-state index contributed by atoms with van der Waals surface area (Å²) in [5.41, 5.74) is 0. The van der Waals surface area contributed by atoms with E-state index in [-0.39, 0.29) is 59.5 Å². The summed E-state index contributed by atoms with van der Waals surface area (Å²) in [7, 11) is 0. The summed E-state index contributed by atoms with van der Waals surface area (Å²) in [6.07, 6.45) is 2.63. The van der Waals surface area contributed by atoms with Gasteiger partial charge in [-0.05, 0) is 56.3 Å². The number of carbonyl (C=O) groups excluding carboxylic acids is 2. The van der Waals surface area contributed by atoms with Crippen LogP contribution in [0.1, 0.15) is 60.3 Å². The Kier molecular flexibility index (Phi) is 5.88. The second-order valence-electron chi connectivity index (χ2n) is 8.25. The predicted octanol–water partition coefficient (Wildman–Crippen LogP) is 3.21. The van der Waals surface area contributed by atoms with Crippen LogP contribution in [0, 0.1) is 35.5 Å². The van der Waals surface area contributed by atoms with Crippen LogP contribution in [0.4, 0.5) is 0 Å². The van der Waals surface area contributed by atoms with Crippen LogP contribution in [0.2, 0.25) is 0 Å². The molecule has 0 aromatic rings. The van der Waals surface area contributed by atoms with Gasteiger partial charge in [-0.1, -0.05) is 27.7 Å². The van der Waals surface area contributed by atoms with E-state index in [0.29, 0.717) is 12.8 Å². The maximum absolute atomic E-state index is 12.6. The lowest BCUT2D eigenvalue weighted by molar-refractivity contribution is -0.167. The maximum atomic E-state index is 12.6. The van der Waals surface area contributed by atoms with Crippen LogP contribution >= 0.6 is 0 Å². The molecule has 23 heavy (non-hydrogen) atoms. The van der Waals surface area contributed by atoms with E-state index in [1.54, 1.807) is 6.92 Å². The van der Waals surface area contributed by atoms with E-state index in [2.05, 4.69) is 13.8 Å². The number of Topliss-reactive ketones (excluding diaryl/α,β-unsaturated/α-hetero) is 1. The second kappa shape index (κ2) is 7.33. The first-order valence-electron chi connectivity index (χ1n) is 9.09. The molecule has 0 amide bonds. The molecule has 1 N–H and O–H groups in total. The predicted molar refractivity (Wildman–Crippen MR) is 88.7 cm³/mol. The quantitative estimate of drug-likeness (QED) is 0.810. The van der Waals surface area contributed by atoms with Crippen LogP contribution in [-0.4, -0.2) is 29.1 Å². The first-order valence-corrected chi connectivity index (χ1v) is 9.09. The molecule has 0 spiro atoms. The highest BCUT2D eigenvalue weighted by molar-refractivity contribution is 5.78. The number of ether oxygens (including phenoxy) is 1. The number of aliphatic hydroxyl groups is 1. The summed E-state index contributed by atoms with van der Waals surface area (Å²) in [4.78, 5) is 24.2. The van der Waals surface area contributed by atoms with Crippen molar-refractivity contribution < 1.29 is 19.4 Å². The van der Waals surface area contributed by atoms with Gasteiger partial charge < -0.3 is 9.84 Å². The fraction of sp³-hybridized carbons (Fsp3) is 0.895. The van der Waals surface area contributed by atoms with Gasteiger partial charge in [0, 0.05) is 5.92 Å². The lowest BCUT2D eigenvalue weighted by atomic mass is 9.72. The summed E-state index contributed by atoms with van der Waals surface area (Å²) in [5, 5.41) is 10.0. The summed E-state index contributed by atoms with van der Waals surface area (Å²) in [6, 6.07) is 0. The van der Waals surface area contributed by atoms with Gasteiger partial charge in [0.25, 0.3) is 0 Å². The number of aliphatic hydroxyl groups excluding tert-OH is 1. The normalized spacial score (nSPS) is 44.6. The van der Waals surface area contributed by atoms with Crippen LogP contribution in [0.25, 0.3) is 0 Å². The summed E-state index contributed by atoms with van der Waals surface area (Å²) < 4.78 is 5.88. The van der Waals surface area contributed by atoms with Crippen molar-refractivity contribution in [1.29, 1.82) is 0 Å². The zero-order valence-corrected chi connectivity index (χ0v) is 15.1. The third-order valence-corrected chi connectivity index (χ3v) is 6.07. The molecule has 0 heterocycles. The molecule has 0 aromatic carbocycles. The van der Waals surface area contributed by atoms with Gasteiger partial charge in [-0.2, -0.15) is 0 Å². The maximum Gasteiger partial charge on any atom is 0.309 e. The molecule has 2 rings (SSSR count). The van der Waals surface area contributed by atoms with Gasteiger partial charge in [-0.25, -0.2) is 0 Å². The molecule has 4 nitrogen and oxygen atoms in total. The summed E-state index contributed by atoms with van der Waals surface area (Å²) >= 11 is 0. The third kappa shape index (κ3) is 4.14. The highest BCUT2D eigenvalue weighted by Gasteiger charge is 2.40. The van der Waals surface area contributed by atoms with Crippen molar-refractivity contribution in [3.8, 4) is 0 Å². The van der Waals surface area contributed by atoms with Crippen LogP contribution in [0.3, 0.4) is 0 Å². The molecule has 4 unspecified atom stereocenters. The molecular weight excluding hydrogens is 292 g/mol. The van der Waals surface area contributed by atoms with Gasteiger partial charge in [0.05, 0.1) is 12.0 Å². The Morgan fingerprint density at radius 2 is 1.26 bits per heavy atom. The molecule has 0 aliphatic heterocycles. The molecule has 2 aliphatic rings. The molecule has 132 valence electrons. The Bertz CT molecular complexity index is 423. The number of carbonyl (C=O) groups is 2. The Balaban J connectivity index is 1.96. The van der Waals surface area contributed by atoms with Crippen LogP contribution in [0.5, 0.6) is 0 Å². The molecule has 4 atom stereocenters. The average Bonchev–Trinajstić information content (AvgIpc) is 2.47. The Hall–Kier alpha value is -0.900. The van der Waals surface area contributed by atoms with Crippen molar-refractivity contribution in [2.45, 2.75) is 72.5 Å². The minimum Gasteiger partial charge on any atom is -0.462 e. The molecular formula is C19H32O4. The minimum absolute atomic E-state index is 0.0874. The van der Waals surface area contributed by atoms with Crippen molar-refractivity contribution in [3.63, 3.8) is 0 Å². The van der Waals surface area contributed by atoms with E-state index >= 15 is 0 Å². The lowest BCUT2D eigenvalue weighted by Gasteiger charge is -2.40. The zero-order valence-electron chi connectivity index (χ0n) is 15.1. The van der Waals surface area contributed by atoms with E-state index in [9.17, 15) is 14.7 Å². The summed E-state index contributed by atoms with van der Waals surface area (Å²) in [6.45, 7) is 9.83. The van der Waals surface area contributed by atoms with E-state index in [1.807, 2.05) is 13.8 Å². The van der Waals surface area contributed by atoms with Crippen molar-refractivity contribution >= 4 is 11.8 Å². The van der Waals surface area contributed by atoms with E-state index in [1.165, 1.54) is 0 Å². The topological polar surface area (TPSA) is 63.6 Å². The van der Waals surface area contributed by atoms with E-state index < -0.39 is 0 Å². The minimum atomic E-state index is -0.317. The van der Waals surface area contributed by atoms with Crippen molar-refractivity contribution in [2.75, 3.05) is 0 Å². The fourth-order valence-electron chi connectivity index (χ4n) is 4.64. The molecule has 4 heteroatoms. The highest BCUT2D eigenvalue weighted by atomic mass is 16.5. The van der Waals surface area contributed by atoms with Gasteiger partial charge >= 0.3 is 5.97 Å². The molecule has 0 bridgehead atoms. The molecule has 2 aliphatic carbocycles. The average molecular weight is 324 g/mol. The summed E-state index contributed by atoms with van der Waals surface area (Å²) in [5.74, 6) is 0.867. The van der Waals surface area contributed by atoms with Crippen molar-refractivity contribution in [3.05, 3.63) is 0 Å². The number of ketones is 1. The van der Waals surface area contributed by atoms with Crippen LogP contribution in [0.15, 0.2) is 0 Å². The number of esters is 1. The second-order valence-corrected chi connectivity index (χ2v) is 8.25. The zero-order chi connectivity index (χ0) is 17.3.